The van der Waals surface area contributed by atoms with E-state index in [1.807, 2.05) is 19.1 Å². The Hall–Kier alpha value is -1.85. The van der Waals surface area contributed by atoms with Gasteiger partial charge in [0.1, 0.15) is 5.75 Å². The van der Waals surface area contributed by atoms with Gasteiger partial charge in [-0.1, -0.05) is 18.2 Å². The molecular formula is C17H23F3N2O5S. The quantitative estimate of drug-likeness (QED) is 0.722. The molecule has 1 aliphatic rings. The number of carbonyl (C=O) groups is 1. The number of nitrogens with zero attached hydrogens (tertiary/aromatic N) is 1. The van der Waals surface area contributed by atoms with Gasteiger partial charge in [-0.05, 0) is 31.4 Å². The van der Waals surface area contributed by atoms with Crippen molar-refractivity contribution in [3.63, 3.8) is 0 Å². The molecule has 0 spiro atoms. The molecule has 7 nitrogen and oxygen atoms in total. The maximum absolute atomic E-state index is 12.7. The summed E-state index contributed by atoms with van der Waals surface area (Å²) in [6.07, 6.45) is 0.507. The van der Waals surface area contributed by atoms with Crippen LogP contribution in [0.4, 0.5) is 13.2 Å². The number of rotatable bonds is 7. The number of sulfonamides is 1. The number of halogens is 3. The van der Waals surface area contributed by atoms with Crippen LogP contribution in [0.25, 0.3) is 0 Å². The van der Waals surface area contributed by atoms with Crippen LogP contribution < -0.4 is 9.46 Å². The molecule has 2 atom stereocenters. The van der Waals surface area contributed by atoms with Crippen molar-refractivity contribution in [3.8, 4) is 5.75 Å². The Morgan fingerprint density at radius 3 is 2.61 bits per heavy atom. The molecule has 11 heteroatoms. The summed E-state index contributed by atoms with van der Waals surface area (Å²) < 4.78 is 73.4. The summed E-state index contributed by atoms with van der Waals surface area (Å²) in [4.78, 5) is 13.9. The van der Waals surface area contributed by atoms with Crippen LogP contribution in [-0.2, 0) is 19.6 Å². The van der Waals surface area contributed by atoms with Crippen LogP contribution in [0.3, 0.4) is 0 Å². The first-order valence-corrected chi connectivity index (χ1v) is 10.1. The standard InChI is InChI=1S/C17H23F3N2O5S/c1-12-6-3-4-8-15(12)27-11-16(23)22-9-5-7-13(14(22)10-26-2)21-28(24,25)17(18,19)20/h3-4,6,8,13-14,21H,5,7,9-11H2,1-2H3/t13-,14-/m0/s1. The zero-order valence-corrected chi connectivity index (χ0v) is 16.3. The molecule has 0 unspecified atom stereocenters. The average molecular weight is 424 g/mol. The highest BCUT2D eigenvalue weighted by atomic mass is 32.2. The minimum atomic E-state index is -5.53. The maximum Gasteiger partial charge on any atom is 0.511 e. The van der Waals surface area contributed by atoms with Crippen LogP contribution in [0, 0.1) is 6.92 Å². The highest BCUT2D eigenvalue weighted by molar-refractivity contribution is 7.90. The van der Waals surface area contributed by atoms with Crippen LogP contribution in [0.5, 0.6) is 5.75 Å². The second-order valence-electron chi connectivity index (χ2n) is 6.48. The SMILES string of the molecule is COC[C@H]1[C@@H](NS(=O)(=O)C(F)(F)F)CCCN1C(=O)COc1ccccc1C. The van der Waals surface area contributed by atoms with Crippen molar-refractivity contribution >= 4 is 15.9 Å². The zero-order chi connectivity index (χ0) is 20.9. The van der Waals surface area contributed by atoms with Gasteiger partial charge >= 0.3 is 15.5 Å². The van der Waals surface area contributed by atoms with E-state index in [2.05, 4.69) is 0 Å². The van der Waals surface area contributed by atoms with Gasteiger partial charge in [0.2, 0.25) is 0 Å². The van der Waals surface area contributed by atoms with Gasteiger partial charge in [0.15, 0.2) is 6.61 Å². The first kappa shape index (κ1) is 22.4. The molecule has 1 aliphatic heterocycles. The second-order valence-corrected chi connectivity index (χ2v) is 8.19. The third-order valence-electron chi connectivity index (χ3n) is 4.49. The number of hydrogen-bond donors (Lipinski definition) is 1. The van der Waals surface area contributed by atoms with Crippen molar-refractivity contribution in [3.05, 3.63) is 29.8 Å². The fraction of sp³-hybridized carbons (Fsp3) is 0.588. The number of hydrogen-bond acceptors (Lipinski definition) is 5. The molecule has 2 rings (SSSR count). The molecule has 0 aliphatic carbocycles. The maximum atomic E-state index is 12.7. The van der Waals surface area contributed by atoms with Crippen LogP contribution in [0.15, 0.2) is 24.3 Å². The summed E-state index contributed by atoms with van der Waals surface area (Å²) in [5.41, 5.74) is -4.59. The minimum absolute atomic E-state index is 0.110. The van der Waals surface area contributed by atoms with E-state index in [1.54, 1.807) is 16.9 Å². The molecule has 158 valence electrons. The highest BCUT2D eigenvalue weighted by Gasteiger charge is 2.48. The fourth-order valence-electron chi connectivity index (χ4n) is 3.09. The Labute approximate surface area is 161 Å². The monoisotopic (exact) mass is 424 g/mol. The van der Waals surface area contributed by atoms with Gasteiger partial charge in [-0.15, -0.1) is 0 Å². The van der Waals surface area contributed by atoms with Crippen LogP contribution in [0.1, 0.15) is 18.4 Å². The number of amides is 1. The molecule has 0 aromatic heterocycles. The van der Waals surface area contributed by atoms with Crippen molar-refractivity contribution < 1.29 is 35.9 Å². The van der Waals surface area contributed by atoms with Crippen molar-refractivity contribution in [1.82, 2.24) is 9.62 Å². The highest BCUT2D eigenvalue weighted by Crippen LogP contribution is 2.26. The van der Waals surface area contributed by atoms with E-state index < -0.39 is 33.5 Å². The fourth-order valence-corrected chi connectivity index (χ4v) is 3.89. The van der Waals surface area contributed by atoms with E-state index in [1.165, 1.54) is 12.0 Å². The van der Waals surface area contributed by atoms with Gasteiger partial charge < -0.3 is 14.4 Å². The number of methoxy groups -OCH3 is 1. The molecule has 1 amide bonds. The third kappa shape index (κ3) is 5.36. The van der Waals surface area contributed by atoms with Crippen molar-refractivity contribution in [2.45, 2.75) is 37.4 Å². The van der Waals surface area contributed by atoms with E-state index in [4.69, 9.17) is 9.47 Å². The number of para-hydroxylation sites is 1. The Morgan fingerprint density at radius 2 is 2.00 bits per heavy atom. The van der Waals surface area contributed by atoms with Crippen LogP contribution in [0.2, 0.25) is 0 Å². The van der Waals surface area contributed by atoms with Crippen molar-refractivity contribution in [1.29, 1.82) is 0 Å². The Morgan fingerprint density at radius 1 is 1.32 bits per heavy atom. The smallest absolute Gasteiger partial charge is 0.484 e. The summed E-state index contributed by atoms with van der Waals surface area (Å²) in [6.45, 7) is 1.66. The number of aryl methyl sites for hydroxylation is 1. The zero-order valence-electron chi connectivity index (χ0n) is 15.5. The lowest BCUT2D eigenvalue weighted by Crippen LogP contribution is -2.60. The van der Waals surface area contributed by atoms with E-state index in [9.17, 15) is 26.4 Å². The number of alkyl halides is 3. The second kappa shape index (κ2) is 9.10. The lowest BCUT2D eigenvalue weighted by molar-refractivity contribution is -0.139. The Kier molecular flexibility index (Phi) is 7.29. The summed E-state index contributed by atoms with van der Waals surface area (Å²) in [5.74, 6) is 0.0617. The number of carbonyl (C=O) groups excluding carboxylic acids is 1. The van der Waals surface area contributed by atoms with Gasteiger partial charge in [-0.25, -0.2) is 13.1 Å². The largest absolute Gasteiger partial charge is 0.511 e. The van der Waals surface area contributed by atoms with Gasteiger partial charge in [-0.3, -0.25) is 4.79 Å². The molecule has 1 aromatic carbocycles. The first-order chi connectivity index (χ1) is 13.1. The molecule has 1 N–H and O–H groups in total. The molecule has 1 saturated heterocycles. The predicted octanol–water partition coefficient (Wildman–Crippen LogP) is 1.82. The number of likely N-dealkylation sites (tertiary alicyclic amines) is 1. The van der Waals surface area contributed by atoms with E-state index >= 15 is 0 Å². The Balaban J connectivity index is 2.11. The van der Waals surface area contributed by atoms with Crippen LogP contribution >= 0.6 is 0 Å². The minimum Gasteiger partial charge on any atom is -0.484 e. The van der Waals surface area contributed by atoms with Gasteiger partial charge in [0, 0.05) is 19.7 Å². The van der Waals surface area contributed by atoms with E-state index in [-0.39, 0.29) is 26.2 Å². The summed E-state index contributed by atoms with van der Waals surface area (Å²) in [6, 6.07) is 5.11. The van der Waals surface area contributed by atoms with Gasteiger partial charge in [0.25, 0.3) is 5.91 Å². The number of nitrogens with one attached hydrogen (secondary N) is 1. The molecular weight excluding hydrogens is 401 g/mol. The average Bonchev–Trinajstić information content (AvgIpc) is 2.61. The summed E-state index contributed by atoms with van der Waals surface area (Å²) in [7, 11) is -4.20. The van der Waals surface area contributed by atoms with Gasteiger partial charge in [-0.2, -0.15) is 13.2 Å². The van der Waals surface area contributed by atoms with Gasteiger partial charge in [0.05, 0.1) is 12.6 Å². The van der Waals surface area contributed by atoms with E-state index in [0.29, 0.717) is 12.2 Å². The molecule has 0 bridgehead atoms. The molecule has 1 aromatic rings. The first-order valence-electron chi connectivity index (χ1n) is 8.62. The molecule has 28 heavy (non-hydrogen) atoms. The van der Waals surface area contributed by atoms with Crippen molar-refractivity contribution in [2.24, 2.45) is 0 Å². The van der Waals surface area contributed by atoms with Crippen LogP contribution in [-0.4, -0.2) is 63.7 Å². The Bertz CT molecular complexity index is 785. The number of benzene rings is 1. The normalized spacial score (nSPS) is 20.8. The lowest BCUT2D eigenvalue weighted by Gasteiger charge is -2.41. The third-order valence-corrected chi connectivity index (χ3v) is 5.72. The molecule has 1 fully saturated rings. The summed E-state index contributed by atoms with van der Waals surface area (Å²) in [5, 5.41) is 0. The molecule has 1 heterocycles. The number of ether oxygens (including phenoxy) is 2. The summed E-state index contributed by atoms with van der Waals surface area (Å²) >= 11 is 0. The molecule has 0 radical (unpaired) electrons. The lowest BCUT2D eigenvalue weighted by atomic mass is 9.97. The topological polar surface area (TPSA) is 84.9 Å². The predicted molar refractivity (Wildman–Crippen MR) is 95.2 cm³/mol. The molecule has 0 saturated carbocycles. The van der Waals surface area contributed by atoms with E-state index in [0.717, 1.165) is 5.56 Å². The number of piperidine rings is 1. The van der Waals surface area contributed by atoms with Crippen molar-refractivity contribution in [2.75, 3.05) is 26.9 Å².